The predicted molar refractivity (Wildman–Crippen MR) is 105 cm³/mol. The first-order chi connectivity index (χ1) is 14.0. The van der Waals surface area contributed by atoms with Crippen molar-refractivity contribution < 1.29 is 9.59 Å². The zero-order valence-electron chi connectivity index (χ0n) is 16.2. The minimum absolute atomic E-state index is 0.165. The summed E-state index contributed by atoms with van der Waals surface area (Å²) in [5, 5.41) is 9.33. The summed E-state index contributed by atoms with van der Waals surface area (Å²) in [6.45, 7) is 4.63. The van der Waals surface area contributed by atoms with E-state index in [0.29, 0.717) is 37.3 Å². The van der Waals surface area contributed by atoms with E-state index >= 15 is 0 Å². The Hall–Kier alpha value is -3.76. The van der Waals surface area contributed by atoms with E-state index in [-0.39, 0.29) is 17.3 Å². The second kappa shape index (κ2) is 8.95. The zero-order chi connectivity index (χ0) is 20.8. The number of anilines is 1. The number of amides is 2. The number of rotatable bonds is 7. The van der Waals surface area contributed by atoms with Crippen LogP contribution in [0.1, 0.15) is 24.7 Å². The first kappa shape index (κ1) is 20.0. The topological polar surface area (TPSA) is 140 Å². The van der Waals surface area contributed by atoms with Crippen LogP contribution in [0, 0.1) is 6.92 Å². The van der Waals surface area contributed by atoms with Gasteiger partial charge in [-0.1, -0.05) is 6.92 Å². The van der Waals surface area contributed by atoms with Gasteiger partial charge >= 0.3 is 11.8 Å². The van der Waals surface area contributed by atoms with Crippen molar-refractivity contribution in [2.45, 2.75) is 33.2 Å². The Morgan fingerprint density at radius 3 is 2.79 bits per heavy atom. The molecule has 0 fully saturated rings. The van der Waals surface area contributed by atoms with Crippen LogP contribution < -0.4 is 16.2 Å². The minimum atomic E-state index is -0.831. The number of hydrogen-bond acceptors (Lipinski definition) is 6. The summed E-state index contributed by atoms with van der Waals surface area (Å²) < 4.78 is 3.17. The van der Waals surface area contributed by atoms with Gasteiger partial charge in [0.25, 0.3) is 5.56 Å². The van der Waals surface area contributed by atoms with Crippen molar-refractivity contribution in [3.63, 3.8) is 0 Å². The molecule has 0 atom stereocenters. The normalized spacial score (nSPS) is 10.7. The van der Waals surface area contributed by atoms with E-state index in [2.05, 4.69) is 30.7 Å². The van der Waals surface area contributed by atoms with Crippen LogP contribution in [0.2, 0.25) is 0 Å². The molecule has 0 saturated carbocycles. The average Bonchev–Trinajstić information content (AvgIpc) is 3.34. The quantitative estimate of drug-likeness (QED) is 0.383. The van der Waals surface area contributed by atoms with E-state index in [1.807, 2.05) is 17.7 Å². The van der Waals surface area contributed by atoms with Gasteiger partial charge in [0.15, 0.2) is 0 Å². The lowest BCUT2D eigenvalue weighted by atomic mass is 10.3. The van der Waals surface area contributed by atoms with Crippen LogP contribution in [0.4, 0.5) is 5.82 Å². The summed E-state index contributed by atoms with van der Waals surface area (Å²) in [4.78, 5) is 47.0. The molecule has 0 radical (unpaired) electrons. The van der Waals surface area contributed by atoms with Gasteiger partial charge in [-0.3, -0.25) is 19.4 Å². The van der Waals surface area contributed by atoms with Gasteiger partial charge in [-0.2, -0.15) is 9.78 Å². The molecule has 2 amide bonds. The molecule has 0 aromatic carbocycles. The molecule has 0 saturated heterocycles. The van der Waals surface area contributed by atoms with Gasteiger partial charge in [-0.05, 0) is 19.8 Å². The lowest BCUT2D eigenvalue weighted by molar-refractivity contribution is -0.136. The summed E-state index contributed by atoms with van der Waals surface area (Å²) in [5.41, 5.74) is 0.850. The summed E-state index contributed by atoms with van der Waals surface area (Å²) in [7, 11) is 0. The molecule has 152 valence electrons. The molecule has 3 N–H and O–H groups in total. The zero-order valence-corrected chi connectivity index (χ0v) is 16.2. The number of nitrogens with one attached hydrogen (secondary N) is 3. The standard InChI is InChI=1S/C18H22N8O3/c1-3-13-10-15(27)23-18(21-13)26-14(9-12(2)24-26)22-17(29)16(28)20-5-4-7-25-8-6-19-11-25/h6,8-11H,3-5,7H2,1-2H3,(H,20,28)(H,22,29)(H,21,23,27). The highest BCUT2D eigenvalue weighted by Gasteiger charge is 2.18. The third-order valence-corrected chi connectivity index (χ3v) is 4.06. The largest absolute Gasteiger partial charge is 0.348 e. The Morgan fingerprint density at radius 1 is 1.24 bits per heavy atom. The molecule has 0 aliphatic heterocycles. The third kappa shape index (κ3) is 5.15. The number of carbonyl (C=O) groups excluding carboxylic acids is 2. The fourth-order valence-corrected chi connectivity index (χ4v) is 2.66. The van der Waals surface area contributed by atoms with E-state index < -0.39 is 11.8 Å². The summed E-state index contributed by atoms with van der Waals surface area (Å²) in [6, 6.07) is 2.98. The van der Waals surface area contributed by atoms with Crippen molar-refractivity contribution in [2.24, 2.45) is 0 Å². The van der Waals surface area contributed by atoms with E-state index in [9.17, 15) is 14.4 Å². The van der Waals surface area contributed by atoms with Gasteiger partial charge in [0.1, 0.15) is 5.82 Å². The maximum Gasteiger partial charge on any atom is 0.314 e. The Balaban J connectivity index is 1.64. The van der Waals surface area contributed by atoms with Crippen LogP contribution in [0.5, 0.6) is 0 Å². The number of imidazole rings is 1. The molecule has 0 aliphatic carbocycles. The smallest absolute Gasteiger partial charge is 0.314 e. The summed E-state index contributed by atoms with van der Waals surface area (Å²) in [6.07, 6.45) is 6.41. The molecule has 29 heavy (non-hydrogen) atoms. The fraction of sp³-hybridized carbons (Fsp3) is 0.333. The molecule has 3 aromatic rings. The molecule has 3 heterocycles. The highest BCUT2D eigenvalue weighted by atomic mass is 16.2. The number of aromatic amines is 1. The van der Waals surface area contributed by atoms with Gasteiger partial charge in [0.05, 0.1) is 12.0 Å². The molecule has 0 spiro atoms. The SMILES string of the molecule is CCc1cc(=O)[nH]c(-n2nc(C)cc2NC(=O)C(=O)NCCCn2ccnc2)n1. The first-order valence-corrected chi connectivity index (χ1v) is 9.18. The number of hydrogen-bond donors (Lipinski definition) is 3. The van der Waals surface area contributed by atoms with Crippen LogP contribution in [0.25, 0.3) is 5.95 Å². The molecular weight excluding hydrogens is 376 g/mol. The van der Waals surface area contributed by atoms with Gasteiger partial charge in [0, 0.05) is 43.3 Å². The molecular formula is C18H22N8O3. The molecule has 11 nitrogen and oxygen atoms in total. The van der Waals surface area contributed by atoms with Crippen molar-refractivity contribution in [2.75, 3.05) is 11.9 Å². The van der Waals surface area contributed by atoms with Crippen LogP contribution in [-0.2, 0) is 22.6 Å². The highest BCUT2D eigenvalue weighted by molar-refractivity contribution is 6.39. The molecule has 0 unspecified atom stereocenters. The Bertz CT molecular complexity index is 1050. The Morgan fingerprint density at radius 2 is 2.07 bits per heavy atom. The van der Waals surface area contributed by atoms with Crippen LogP contribution in [-0.4, -0.2) is 47.7 Å². The number of aryl methyl sites for hydroxylation is 3. The predicted octanol–water partition coefficient (Wildman–Crippen LogP) is 0.168. The van der Waals surface area contributed by atoms with Crippen LogP contribution >= 0.6 is 0 Å². The number of aromatic nitrogens is 6. The fourth-order valence-electron chi connectivity index (χ4n) is 2.66. The Labute approximate surface area is 166 Å². The minimum Gasteiger partial charge on any atom is -0.348 e. The third-order valence-electron chi connectivity index (χ3n) is 4.06. The van der Waals surface area contributed by atoms with Crippen LogP contribution in [0.15, 0.2) is 35.6 Å². The summed E-state index contributed by atoms with van der Waals surface area (Å²) in [5.74, 6) is -1.19. The van der Waals surface area contributed by atoms with Gasteiger partial charge in [-0.15, -0.1) is 0 Å². The number of H-pyrrole nitrogens is 1. The highest BCUT2D eigenvalue weighted by Crippen LogP contribution is 2.14. The second-order valence-corrected chi connectivity index (χ2v) is 6.36. The van der Waals surface area contributed by atoms with Gasteiger partial charge < -0.3 is 15.2 Å². The van der Waals surface area contributed by atoms with Crippen LogP contribution in [0.3, 0.4) is 0 Å². The van der Waals surface area contributed by atoms with E-state index in [1.165, 1.54) is 10.7 Å². The van der Waals surface area contributed by atoms with Crippen molar-refractivity contribution in [1.82, 2.24) is 34.6 Å². The van der Waals surface area contributed by atoms with Crippen molar-refractivity contribution in [3.8, 4) is 5.95 Å². The lowest BCUT2D eigenvalue weighted by Gasteiger charge is -2.09. The Kier molecular flexibility index (Phi) is 6.17. The van der Waals surface area contributed by atoms with E-state index in [0.717, 1.165) is 0 Å². The van der Waals surface area contributed by atoms with Gasteiger partial charge in [0.2, 0.25) is 5.95 Å². The maximum atomic E-state index is 12.2. The van der Waals surface area contributed by atoms with Gasteiger partial charge in [-0.25, -0.2) is 9.97 Å². The average molecular weight is 398 g/mol. The molecule has 0 bridgehead atoms. The first-order valence-electron chi connectivity index (χ1n) is 9.18. The number of nitrogens with zero attached hydrogens (tertiary/aromatic N) is 5. The molecule has 0 aliphatic rings. The molecule has 3 aromatic heterocycles. The van der Waals surface area contributed by atoms with E-state index in [1.54, 1.807) is 25.5 Å². The maximum absolute atomic E-state index is 12.2. The monoisotopic (exact) mass is 398 g/mol. The van der Waals surface area contributed by atoms with Crippen molar-refractivity contribution in [3.05, 3.63) is 52.6 Å². The second-order valence-electron chi connectivity index (χ2n) is 6.36. The lowest BCUT2D eigenvalue weighted by Crippen LogP contribution is -2.36. The summed E-state index contributed by atoms with van der Waals surface area (Å²) >= 11 is 0. The van der Waals surface area contributed by atoms with Crippen molar-refractivity contribution >= 4 is 17.6 Å². The van der Waals surface area contributed by atoms with E-state index in [4.69, 9.17) is 0 Å². The number of carbonyl (C=O) groups is 2. The molecule has 11 heteroatoms. The molecule has 3 rings (SSSR count). The van der Waals surface area contributed by atoms with Crippen molar-refractivity contribution in [1.29, 1.82) is 0 Å².